The highest BCUT2D eigenvalue weighted by Gasteiger charge is 2.45. The average molecular weight is 269 g/mol. The summed E-state index contributed by atoms with van der Waals surface area (Å²) in [7, 11) is 0. The van der Waals surface area contributed by atoms with Crippen LogP contribution in [0.1, 0.15) is 6.23 Å². The molecular formula is C10H12FN5O3. The van der Waals surface area contributed by atoms with E-state index in [-0.39, 0.29) is 5.82 Å². The Kier molecular flexibility index (Phi) is 2.81. The average Bonchev–Trinajstić information content (AvgIpc) is 2.94. The SMILES string of the molecule is Nc1ncnc2ncn(C3OC(CO)C(O)C3F)c12. The van der Waals surface area contributed by atoms with E-state index in [9.17, 15) is 9.50 Å². The minimum absolute atomic E-state index is 0.139. The van der Waals surface area contributed by atoms with E-state index in [2.05, 4.69) is 15.0 Å². The Morgan fingerprint density at radius 3 is 2.89 bits per heavy atom. The molecule has 1 saturated heterocycles. The van der Waals surface area contributed by atoms with Gasteiger partial charge in [0.1, 0.15) is 30.4 Å². The lowest BCUT2D eigenvalue weighted by molar-refractivity contribution is -0.0457. The molecule has 0 spiro atoms. The number of fused-ring (bicyclic) bond motifs is 1. The molecule has 4 atom stereocenters. The van der Waals surface area contributed by atoms with Crippen molar-refractivity contribution < 1.29 is 19.3 Å². The van der Waals surface area contributed by atoms with E-state index >= 15 is 0 Å². The number of aliphatic hydroxyl groups excluding tert-OH is 2. The summed E-state index contributed by atoms with van der Waals surface area (Å²) < 4.78 is 20.6. The minimum Gasteiger partial charge on any atom is -0.394 e. The van der Waals surface area contributed by atoms with Crippen molar-refractivity contribution in [1.29, 1.82) is 0 Å². The van der Waals surface area contributed by atoms with E-state index in [1.54, 1.807) is 0 Å². The van der Waals surface area contributed by atoms with Crippen molar-refractivity contribution in [3.63, 3.8) is 0 Å². The fourth-order valence-corrected chi connectivity index (χ4v) is 2.17. The Bertz CT molecular complexity index is 606. The Morgan fingerprint density at radius 1 is 1.42 bits per heavy atom. The van der Waals surface area contributed by atoms with Gasteiger partial charge in [0, 0.05) is 0 Å². The van der Waals surface area contributed by atoms with Crippen LogP contribution < -0.4 is 5.73 Å². The van der Waals surface area contributed by atoms with Crippen molar-refractivity contribution >= 4 is 17.0 Å². The van der Waals surface area contributed by atoms with Crippen LogP contribution in [0.2, 0.25) is 0 Å². The van der Waals surface area contributed by atoms with Gasteiger partial charge in [0.25, 0.3) is 0 Å². The van der Waals surface area contributed by atoms with Crippen LogP contribution in [0.4, 0.5) is 10.2 Å². The summed E-state index contributed by atoms with van der Waals surface area (Å²) in [5, 5.41) is 18.6. The number of alkyl halides is 1. The molecule has 0 saturated carbocycles. The summed E-state index contributed by atoms with van der Waals surface area (Å²) in [6.45, 7) is -0.475. The molecule has 3 heterocycles. The van der Waals surface area contributed by atoms with Crippen LogP contribution in [0.3, 0.4) is 0 Å². The van der Waals surface area contributed by atoms with Crippen LogP contribution in [-0.2, 0) is 4.74 Å². The molecule has 19 heavy (non-hydrogen) atoms. The summed E-state index contributed by atoms with van der Waals surface area (Å²) in [4.78, 5) is 11.7. The smallest absolute Gasteiger partial charge is 0.183 e. The molecule has 8 nitrogen and oxygen atoms in total. The van der Waals surface area contributed by atoms with Crippen molar-refractivity contribution in [2.45, 2.75) is 24.6 Å². The summed E-state index contributed by atoms with van der Waals surface area (Å²) in [6, 6.07) is 0. The molecule has 0 aromatic carbocycles. The van der Waals surface area contributed by atoms with E-state index in [4.69, 9.17) is 15.6 Å². The lowest BCUT2D eigenvalue weighted by Gasteiger charge is -2.15. The zero-order valence-corrected chi connectivity index (χ0v) is 9.72. The van der Waals surface area contributed by atoms with Crippen molar-refractivity contribution in [3.05, 3.63) is 12.7 Å². The van der Waals surface area contributed by atoms with Crippen LogP contribution >= 0.6 is 0 Å². The van der Waals surface area contributed by atoms with Gasteiger partial charge in [-0.1, -0.05) is 0 Å². The maximum atomic E-state index is 14.0. The van der Waals surface area contributed by atoms with Crippen molar-refractivity contribution in [3.8, 4) is 0 Å². The third-order valence-electron chi connectivity index (χ3n) is 3.14. The molecule has 3 rings (SSSR count). The van der Waals surface area contributed by atoms with Gasteiger partial charge in [0.05, 0.1) is 6.61 Å². The Balaban J connectivity index is 2.06. The second kappa shape index (κ2) is 4.37. The summed E-state index contributed by atoms with van der Waals surface area (Å²) in [5.41, 5.74) is 6.36. The quantitative estimate of drug-likeness (QED) is 0.639. The second-order valence-electron chi connectivity index (χ2n) is 4.27. The second-order valence-corrected chi connectivity index (χ2v) is 4.27. The van der Waals surface area contributed by atoms with Gasteiger partial charge in [-0.15, -0.1) is 0 Å². The lowest BCUT2D eigenvalue weighted by Crippen LogP contribution is -2.30. The monoisotopic (exact) mass is 269 g/mol. The maximum Gasteiger partial charge on any atom is 0.183 e. The molecule has 0 radical (unpaired) electrons. The van der Waals surface area contributed by atoms with Crippen LogP contribution in [0, 0.1) is 0 Å². The van der Waals surface area contributed by atoms with Gasteiger partial charge >= 0.3 is 0 Å². The molecule has 0 bridgehead atoms. The first kappa shape index (κ1) is 12.2. The van der Waals surface area contributed by atoms with Crippen LogP contribution in [0.5, 0.6) is 0 Å². The Morgan fingerprint density at radius 2 is 2.21 bits per heavy atom. The van der Waals surface area contributed by atoms with E-state index < -0.39 is 31.2 Å². The van der Waals surface area contributed by atoms with Crippen molar-refractivity contribution in [2.24, 2.45) is 0 Å². The molecule has 2 aromatic rings. The first-order chi connectivity index (χ1) is 9.13. The van der Waals surface area contributed by atoms with Gasteiger partial charge in [0.15, 0.2) is 23.9 Å². The highest BCUT2D eigenvalue weighted by Crippen LogP contribution is 2.34. The molecular weight excluding hydrogens is 257 g/mol. The summed E-state index contributed by atoms with van der Waals surface area (Å²) in [6.07, 6.45) is -2.64. The molecule has 0 amide bonds. The summed E-state index contributed by atoms with van der Waals surface area (Å²) in [5.74, 6) is 0.139. The number of nitrogens with zero attached hydrogens (tertiary/aromatic N) is 4. The number of hydrogen-bond acceptors (Lipinski definition) is 7. The number of aliphatic hydroxyl groups is 2. The number of halogens is 1. The number of hydrogen-bond donors (Lipinski definition) is 3. The molecule has 9 heteroatoms. The largest absolute Gasteiger partial charge is 0.394 e. The molecule has 2 aromatic heterocycles. The molecule has 0 aliphatic carbocycles. The lowest BCUT2D eigenvalue weighted by atomic mass is 10.1. The highest BCUT2D eigenvalue weighted by atomic mass is 19.1. The predicted molar refractivity (Wildman–Crippen MR) is 61.6 cm³/mol. The first-order valence-electron chi connectivity index (χ1n) is 5.65. The normalized spacial score (nSPS) is 31.1. The number of rotatable bonds is 2. The van der Waals surface area contributed by atoms with Gasteiger partial charge in [0.2, 0.25) is 0 Å². The van der Waals surface area contributed by atoms with Gasteiger partial charge < -0.3 is 20.7 Å². The van der Waals surface area contributed by atoms with Crippen LogP contribution in [-0.4, -0.2) is 54.7 Å². The number of anilines is 1. The number of aromatic nitrogens is 4. The zero-order chi connectivity index (χ0) is 13.6. The molecule has 102 valence electrons. The Labute approximate surface area is 106 Å². The highest BCUT2D eigenvalue weighted by molar-refractivity contribution is 5.81. The van der Waals surface area contributed by atoms with Gasteiger partial charge in [-0.2, -0.15) is 0 Å². The first-order valence-corrected chi connectivity index (χ1v) is 5.65. The minimum atomic E-state index is -1.70. The fourth-order valence-electron chi connectivity index (χ4n) is 2.17. The third-order valence-corrected chi connectivity index (χ3v) is 3.14. The Hall–Kier alpha value is -1.84. The number of nitrogens with two attached hydrogens (primary N) is 1. The number of ether oxygens (including phenoxy) is 1. The van der Waals surface area contributed by atoms with E-state index in [0.717, 1.165) is 0 Å². The fraction of sp³-hybridized carbons (Fsp3) is 0.500. The number of nitrogen functional groups attached to an aromatic ring is 1. The van der Waals surface area contributed by atoms with E-state index in [0.29, 0.717) is 11.2 Å². The van der Waals surface area contributed by atoms with Gasteiger partial charge in [-0.25, -0.2) is 19.3 Å². The predicted octanol–water partition coefficient (Wildman–Crippen LogP) is -1.00. The molecule has 4 unspecified atom stereocenters. The van der Waals surface area contributed by atoms with Crippen molar-refractivity contribution in [1.82, 2.24) is 19.5 Å². The maximum absolute atomic E-state index is 14.0. The molecule has 4 N–H and O–H groups in total. The van der Waals surface area contributed by atoms with Gasteiger partial charge in [-0.05, 0) is 0 Å². The topological polar surface area (TPSA) is 119 Å². The third kappa shape index (κ3) is 1.74. The molecule has 1 aliphatic rings. The zero-order valence-electron chi connectivity index (χ0n) is 9.72. The number of imidazole rings is 1. The molecule has 1 aliphatic heterocycles. The molecule has 1 fully saturated rings. The van der Waals surface area contributed by atoms with E-state index in [1.165, 1.54) is 17.2 Å². The standard InChI is InChI=1S/C10H12FN5O3/c11-5-7(18)4(1-17)19-10(5)16-3-15-9-6(16)8(12)13-2-14-9/h2-5,7,10,17-18H,1H2,(H2,12,13,14). The van der Waals surface area contributed by atoms with Crippen LogP contribution in [0.25, 0.3) is 11.2 Å². The van der Waals surface area contributed by atoms with Crippen molar-refractivity contribution in [2.75, 3.05) is 12.3 Å². The van der Waals surface area contributed by atoms with Crippen LogP contribution in [0.15, 0.2) is 12.7 Å². The van der Waals surface area contributed by atoms with E-state index in [1.807, 2.05) is 0 Å². The summed E-state index contributed by atoms with van der Waals surface area (Å²) >= 11 is 0. The van der Waals surface area contributed by atoms with Gasteiger partial charge in [-0.3, -0.25) is 4.57 Å².